The molecule has 150 valence electrons. The molecule has 0 fully saturated rings. The van der Waals surface area contributed by atoms with Gasteiger partial charge in [0.05, 0.1) is 5.39 Å². The Kier molecular flexibility index (Phi) is 6.31. The van der Waals surface area contributed by atoms with Gasteiger partial charge >= 0.3 is 5.97 Å². The molecule has 0 radical (unpaired) electrons. The van der Waals surface area contributed by atoms with E-state index in [0.29, 0.717) is 23.3 Å². The number of amides is 1. The van der Waals surface area contributed by atoms with Crippen LogP contribution in [0.15, 0.2) is 41.3 Å². The molecule has 0 aliphatic rings. The van der Waals surface area contributed by atoms with Gasteiger partial charge in [-0.05, 0) is 79.3 Å². The van der Waals surface area contributed by atoms with Crippen LogP contribution in [0.5, 0.6) is 0 Å². The molecule has 3 aromatic rings. The maximum Gasteiger partial charge on any atom is 0.344 e. The molecule has 0 saturated carbocycles. The van der Waals surface area contributed by atoms with Gasteiger partial charge in [-0.15, -0.1) is 0 Å². The van der Waals surface area contributed by atoms with E-state index < -0.39 is 23.9 Å². The van der Waals surface area contributed by atoms with Gasteiger partial charge < -0.3 is 14.6 Å². The number of nitrogens with zero attached hydrogens (tertiary/aromatic N) is 2. The van der Waals surface area contributed by atoms with E-state index >= 15 is 0 Å². The number of benzene rings is 1. The number of fused-ring (bicyclic) bond motifs is 1. The van der Waals surface area contributed by atoms with E-state index in [2.05, 4.69) is 32.9 Å². The molecule has 8 heteroatoms. The van der Waals surface area contributed by atoms with Crippen molar-refractivity contribution < 1.29 is 14.3 Å². The van der Waals surface area contributed by atoms with Crippen LogP contribution in [-0.4, -0.2) is 28.0 Å². The summed E-state index contributed by atoms with van der Waals surface area (Å²) in [4.78, 5) is 41.7. The average molecular weight is 505 g/mol. The van der Waals surface area contributed by atoms with Crippen LogP contribution in [0.2, 0.25) is 0 Å². The second-order valence-corrected chi connectivity index (χ2v) is 7.81. The summed E-state index contributed by atoms with van der Waals surface area (Å²) in [5.74, 6) is -1.31. The van der Waals surface area contributed by atoms with Gasteiger partial charge in [0.1, 0.15) is 11.2 Å². The van der Waals surface area contributed by atoms with Crippen molar-refractivity contribution in [3.8, 4) is 0 Å². The quantitative estimate of drug-likeness (QED) is 0.424. The van der Waals surface area contributed by atoms with E-state index in [0.717, 1.165) is 14.8 Å². The molecule has 0 saturated heterocycles. The highest BCUT2D eigenvalue weighted by molar-refractivity contribution is 14.1. The fraction of sp³-hybridized carbons (Fsp3) is 0.238. The lowest BCUT2D eigenvalue weighted by atomic mass is 10.2. The molecular weight excluding hydrogens is 485 g/mol. The predicted molar refractivity (Wildman–Crippen MR) is 119 cm³/mol. The summed E-state index contributed by atoms with van der Waals surface area (Å²) in [6, 6.07) is 8.95. The molecule has 7 nitrogen and oxygen atoms in total. The van der Waals surface area contributed by atoms with Crippen LogP contribution in [0.1, 0.15) is 28.5 Å². The van der Waals surface area contributed by atoms with Crippen molar-refractivity contribution in [3.05, 3.63) is 67.1 Å². The normalized spacial score (nSPS) is 10.8. The maximum absolute atomic E-state index is 12.7. The summed E-state index contributed by atoms with van der Waals surface area (Å²) >= 11 is 2.19. The molecule has 3 rings (SSSR count). The molecule has 1 aromatic carbocycles. The zero-order valence-electron chi connectivity index (χ0n) is 16.3. The summed E-state index contributed by atoms with van der Waals surface area (Å²) in [5, 5.41) is 3.04. The minimum Gasteiger partial charge on any atom is -0.452 e. The molecule has 2 aromatic heterocycles. The minimum atomic E-state index is -0.839. The summed E-state index contributed by atoms with van der Waals surface area (Å²) < 4.78 is 7.86. The van der Waals surface area contributed by atoms with E-state index in [9.17, 15) is 14.4 Å². The smallest absolute Gasteiger partial charge is 0.344 e. The number of hydrogen-bond donors (Lipinski definition) is 1. The Bertz CT molecular complexity index is 1170. The number of hydrogen-bond acceptors (Lipinski definition) is 5. The van der Waals surface area contributed by atoms with Gasteiger partial charge in [0.2, 0.25) is 5.43 Å². The van der Waals surface area contributed by atoms with Crippen molar-refractivity contribution in [3.63, 3.8) is 0 Å². The van der Waals surface area contributed by atoms with Gasteiger partial charge in [-0.2, -0.15) is 0 Å². The molecule has 2 heterocycles. The standard InChI is InChI=1S/C21H20IN3O4/c1-4-25-10-16(19(27)15-7-5-13(3)23-20(15)25)21(28)29-11-18(26)24-17-8-6-14(22)9-12(17)2/h5-10H,4,11H2,1-3H3,(H,24,26). The van der Waals surface area contributed by atoms with E-state index in [-0.39, 0.29) is 5.56 Å². The topological polar surface area (TPSA) is 90.3 Å². The fourth-order valence-electron chi connectivity index (χ4n) is 2.91. The van der Waals surface area contributed by atoms with Crippen LogP contribution >= 0.6 is 22.6 Å². The SMILES string of the molecule is CCn1cc(C(=O)OCC(=O)Nc2ccc(I)cc2C)c(=O)c2ccc(C)nc21. The van der Waals surface area contributed by atoms with Gasteiger partial charge in [-0.25, -0.2) is 9.78 Å². The predicted octanol–water partition coefficient (Wildman–Crippen LogP) is 3.43. The number of rotatable bonds is 5. The second-order valence-electron chi connectivity index (χ2n) is 6.57. The number of pyridine rings is 2. The summed E-state index contributed by atoms with van der Waals surface area (Å²) in [6.07, 6.45) is 1.43. The highest BCUT2D eigenvalue weighted by Gasteiger charge is 2.18. The summed E-state index contributed by atoms with van der Waals surface area (Å²) in [5.41, 5.74) is 2.25. The van der Waals surface area contributed by atoms with Crippen LogP contribution < -0.4 is 10.7 Å². The minimum absolute atomic E-state index is 0.122. The van der Waals surface area contributed by atoms with Gasteiger partial charge in [0, 0.05) is 27.7 Å². The number of halogens is 1. The number of aromatic nitrogens is 2. The Balaban J connectivity index is 1.77. The Morgan fingerprint density at radius 2 is 1.97 bits per heavy atom. The number of anilines is 1. The van der Waals surface area contributed by atoms with Crippen molar-refractivity contribution in [2.24, 2.45) is 0 Å². The third kappa shape index (κ3) is 4.64. The number of carbonyl (C=O) groups is 2. The molecule has 29 heavy (non-hydrogen) atoms. The highest BCUT2D eigenvalue weighted by atomic mass is 127. The first-order valence-corrected chi connectivity index (χ1v) is 10.1. The molecule has 0 aliphatic carbocycles. The number of carbonyl (C=O) groups excluding carboxylic acids is 2. The van der Waals surface area contributed by atoms with Crippen molar-refractivity contribution in [2.45, 2.75) is 27.3 Å². The Morgan fingerprint density at radius 3 is 2.66 bits per heavy atom. The van der Waals surface area contributed by atoms with Crippen molar-refractivity contribution in [1.29, 1.82) is 0 Å². The first kappa shape index (κ1) is 21.0. The van der Waals surface area contributed by atoms with Gasteiger partial charge in [-0.3, -0.25) is 9.59 Å². The number of aryl methyl sites for hydroxylation is 3. The van der Waals surface area contributed by atoms with Crippen LogP contribution in [-0.2, 0) is 16.1 Å². The molecule has 1 amide bonds. The highest BCUT2D eigenvalue weighted by Crippen LogP contribution is 2.17. The van der Waals surface area contributed by atoms with E-state index in [1.807, 2.05) is 32.9 Å². The zero-order valence-corrected chi connectivity index (χ0v) is 18.4. The van der Waals surface area contributed by atoms with Gasteiger partial charge in [0.15, 0.2) is 6.61 Å². The van der Waals surface area contributed by atoms with Crippen LogP contribution in [0.3, 0.4) is 0 Å². The lowest BCUT2D eigenvalue weighted by Gasteiger charge is -2.12. The Morgan fingerprint density at radius 1 is 1.21 bits per heavy atom. The third-order valence-corrected chi connectivity index (χ3v) is 5.09. The van der Waals surface area contributed by atoms with Crippen molar-refractivity contribution >= 4 is 51.2 Å². The van der Waals surface area contributed by atoms with Crippen molar-refractivity contribution in [1.82, 2.24) is 9.55 Å². The van der Waals surface area contributed by atoms with Crippen LogP contribution in [0, 0.1) is 17.4 Å². The lowest BCUT2D eigenvalue weighted by Crippen LogP contribution is -2.25. The first-order valence-electron chi connectivity index (χ1n) is 9.04. The average Bonchev–Trinajstić information content (AvgIpc) is 2.68. The Hall–Kier alpha value is -2.75. The molecule has 0 aliphatic heterocycles. The molecular formula is C21H20IN3O4. The number of nitrogens with one attached hydrogen (secondary N) is 1. The number of ether oxygens (including phenoxy) is 1. The molecule has 0 spiro atoms. The van der Waals surface area contributed by atoms with E-state index in [4.69, 9.17) is 4.74 Å². The lowest BCUT2D eigenvalue weighted by molar-refractivity contribution is -0.119. The molecule has 0 atom stereocenters. The van der Waals surface area contributed by atoms with E-state index in [1.54, 1.807) is 22.8 Å². The van der Waals surface area contributed by atoms with Gasteiger partial charge in [-0.1, -0.05) is 0 Å². The first-order chi connectivity index (χ1) is 13.8. The van der Waals surface area contributed by atoms with Gasteiger partial charge in [0.25, 0.3) is 5.91 Å². The molecule has 0 bridgehead atoms. The van der Waals surface area contributed by atoms with Crippen molar-refractivity contribution in [2.75, 3.05) is 11.9 Å². The summed E-state index contributed by atoms with van der Waals surface area (Å²) in [7, 11) is 0. The number of esters is 1. The monoisotopic (exact) mass is 505 g/mol. The van der Waals surface area contributed by atoms with E-state index in [1.165, 1.54) is 6.20 Å². The van der Waals surface area contributed by atoms with Crippen LogP contribution in [0.4, 0.5) is 5.69 Å². The molecule has 1 N–H and O–H groups in total. The maximum atomic E-state index is 12.7. The largest absolute Gasteiger partial charge is 0.452 e. The van der Waals surface area contributed by atoms with Crippen LogP contribution in [0.25, 0.3) is 11.0 Å². The summed E-state index contributed by atoms with van der Waals surface area (Å²) in [6.45, 7) is 5.64. The molecule has 0 unspecified atom stereocenters. The second kappa shape index (κ2) is 8.73. The fourth-order valence-corrected chi connectivity index (χ4v) is 3.56. The Labute approximate surface area is 181 Å². The third-order valence-electron chi connectivity index (χ3n) is 4.42. The zero-order chi connectivity index (χ0) is 21.1.